The van der Waals surface area contributed by atoms with Crippen molar-refractivity contribution in [2.24, 2.45) is 0 Å². The molecule has 4 aromatic rings. The quantitative estimate of drug-likeness (QED) is 0.342. The minimum Gasteiger partial charge on any atom is -0.406 e. The SMILES string of the molecule is O=C(c1ccc2c(c1)nc(N1CCC(F)(F)C1)n2-c1ccc(OC(F)(F)F)cc1)N1CCC(O)(c2cccnc2)C1. The van der Waals surface area contributed by atoms with Crippen LogP contribution in [0.5, 0.6) is 5.75 Å². The maximum Gasteiger partial charge on any atom is 0.573 e. The second-order valence-corrected chi connectivity index (χ2v) is 10.3. The maximum absolute atomic E-state index is 14.1. The number of pyridine rings is 1. The van der Waals surface area contributed by atoms with E-state index in [1.807, 2.05) is 0 Å². The number of carbonyl (C=O) groups excluding carboxylic acids is 1. The normalized spacial score (nSPS) is 20.6. The molecule has 2 aliphatic rings. The molecule has 214 valence electrons. The molecule has 8 nitrogen and oxygen atoms in total. The number of nitrogens with zero attached hydrogens (tertiary/aromatic N) is 5. The lowest BCUT2D eigenvalue weighted by molar-refractivity contribution is -0.274. The number of carbonyl (C=O) groups is 1. The fourth-order valence-electron chi connectivity index (χ4n) is 5.39. The monoisotopic (exact) mass is 573 g/mol. The van der Waals surface area contributed by atoms with E-state index in [4.69, 9.17) is 0 Å². The van der Waals surface area contributed by atoms with Crippen LogP contribution in [0.3, 0.4) is 0 Å². The summed E-state index contributed by atoms with van der Waals surface area (Å²) < 4.78 is 71.7. The number of likely N-dealkylation sites (tertiary alicyclic amines) is 1. The molecule has 1 unspecified atom stereocenters. The van der Waals surface area contributed by atoms with Gasteiger partial charge in [-0.3, -0.25) is 14.3 Å². The van der Waals surface area contributed by atoms with Crippen molar-refractivity contribution in [3.8, 4) is 11.4 Å². The Hall–Kier alpha value is -4.26. The number of aliphatic hydroxyl groups is 1. The molecule has 2 aromatic carbocycles. The van der Waals surface area contributed by atoms with Crippen molar-refractivity contribution >= 4 is 22.9 Å². The molecule has 2 fully saturated rings. The molecule has 41 heavy (non-hydrogen) atoms. The molecule has 4 heterocycles. The van der Waals surface area contributed by atoms with Crippen LogP contribution in [0.15, 0.2) is 67.0 Å². The Bertz CT molecular complexity index is 1590. The van der Waals surface area contributed by atoms with Crippen molar-refractivity contribution in [3.63, 3.8) is 0 Å². The third-order valence-corrected chi connectivity index (χ3v) is 7.40. The highest BCUT2D eigenvalue weighted by molar-refractivity contribution is 5.98. The largest absolute Gasteiger partial charge is 0.573 e. The number of rotatable bonds is 5. The average molecular weight is 574 g/mol. The summed E-state index contributed by atoms with van der Waals surface area (Å²) in [5.74, 6) is -3.50. The minimum atomic E-state index is -4.86. The van der Waals surface area contributed by atoms with Crippen LogP contribution in [0, 0.1) is 0 Å². The Morgan fingerprint density at radius 2 is 1.78 bits per heavy atom. The summed E-state index contributed by atoms with van der Waals surface area (Å²) in [6, 6.07) is 13.2. The summed E-state index contributed by atoms with van der Waals surface area (Å²) in [6.45, 7) is -0.155. The van der Waals surface area contributed by atoms with Gasteiger partial charge in [0.2, 0.25) is 5.95 Å². The van der Waals surface area contributed by atoms with Crippen LogP contribution in [0.2, 0.25) is 0 Å². The Labute approximate surface area is 230 Å². The Morgan fingerprint density at radius 1 is 1.00 bits per heavy atom. The highest BCUT2D eigenvalue weighted by Gasteiger charge is 2.41. The van der Waals surface area contributed by atoms with Gasteiger partial charge in [0.05, 0.1) is 24.1 Å². The van der Waals surface area contributed by atoms with E-state index in [9.17, 15) is 31.9 Å². The number of alkyl halides is 5. The number of imidazole rings is 1. The van der Waals surface area contributed by atoms with E-state index in [1.165, 1.54) is 21.9 Å². The molecule has 2 aliphatic heterocycles. The van der Waals surface area contributed by atoms with Gasteiger partial charge in [-0.1, -0.05) is 6.07 Å². The predicted octanol–water partition coefficient (Wildman–Crippen LogP) is 4.90. The lowest BCUT2D eigenvalue weighted by atomic mass is 9.95. The van der Waals surface area contributed by atoms with E-state index in [0.29, 0.717) is 40.8 Å². The molecule has 13 heteroatoms. The molecule has 1 N–H and O–H groups in total. The molecular formula is C28H24F5N5O3. The zero-order valence-electron chi connectivity index (χ0n) is 21.5. The molecule has 2 aromatic heterocycles. The van der Waals surface area contributed by atoms with Gasteiger partial charge in [-0.25, -0.2) is 13.8 Å². The highest BCUT2D eigenvalue weighted by Crippen LogP contribution is 2.36. The van der Waals surface area contributed by atoms with Crippen molar-refractivity contribution in [1.82, 2.24) is 19.4 Å². The van der Waals surface area contributed by atoms with Crippen LogP contribution in [0.4, 0.5) is 27.9 Å². The molecule has 0 radical (unpaired) electrons. The smallest absolute Gasteiger partial charge is 0.406 e. The first-order valence-corrected chi connectivity index (χ1v) is 12.8. The van der Waals surface area contributed by atoms with Crippen molar-refractivity contribution in [2.75, 3.05) is 31.1 Å². The van der Waals surface area contributed by atoms with E-state index in [1.54, 1.807) is 47.3 Å². The molecule has 0 saturated carbocycles. The minimum absolute atomic E-state index is 0.0259. The molecular weight excluding hydrogens is 549 g/mol. The van der Waals surface area contributed by atoms with Crippen molar-refractivity contribution in [3.05, 3.63) is 78.1 Å². The lowest BCUT2D eigenvalue weighted by Crippen LogP contribution is -2.34. The number of hydrogen-bond acceptors (Lipinski definition) is 6. The summed E-state index contributed by atoms with van der Waals surface area (Å²) in [7, 11) is 0. The van der Waals surface area contributed by atoms with Gasteiger partial charge in [-0.05, 0) is 55.0 Å². The standard InChI is InChI=1S/C28H24F5N5O3/c29-27(30)10-13-37(17-27)25-35-22-14-18(24(39)36-12-9-26(40,16-36)19-2-1-11-34-15-19)3-8-23(22)38(25)20-4-6-21(7-5-20)41-28(31,32)33/h1-8,11,14-15,40H,9-10,12-13,16-17H2. The summed E-state index contributed by atoms with van der Waals surface area (Å²) in [5.41, 5.74) is 0.884. The Morgan fingerprint density at radius 3 is 2.44 bits per heavy atom. The average Bonchev–Trinajstić information content (AvgIpc) is 3.63. The molecule has 0 bridgehead atoms. The predicted molar refractivity (Wildman–Crippen MR) is 138 cm³/mol. The topological polar surface area (TPSA) is 83.7 Å². The molecule has 0 spiro atoms. The first-order valence-electron chi connectivity index (χ1n) is 12.8. The van der Waals surface area contributed by atoms with Gasteiger partial charge in [0.15, 0.2) is 0 Å². The summed E-state index contributed by atoms with van der Waals surface area (Å²) in [6.07, 6.45) is -1.73. The van der Waals surface area contributed by atoms with E-state index in [0.717, 1.165) is 12.1 Å². The fourth-order valence-corrected chi connectivity index (χ4v) is 5.39. The van der Waals surface area contributed by atoms with Gasteiger partial charge in [0.1, 0.15) is 11.4 Å². The van der Waals surface area contributed by atoms with Crippen molar-refractivity contribution in [1.29, 1.82) is 0 Å². The fraction of sp³-hybridized carbons (Fsp3) is 0.321. The number of halogens is 5. The van der Waals surface area contributed by atoms with Crippen molar-refractivity contribution in [2.45, 2.75) is 30.7 Å². The first kappa shape index (κ1) is 26.9. The van der Waals surface area contributed by atoms with Crippen LogP contribution >= 0.6 is 0 Å². The number of ether oxygens (including phenoxy) is 1. The third kappa shape index (κ3) is 5.29. The van der Waals surface area contributed by atoms with Crippen LogP contribution < -0.4 is 9.64 Å². The van der Waals surface area contributed by atoms with Crippen LogP contribution in [0.1, 0.15) is 28.8 Å². The number of fused-ring (bicyclic) bond motifs is 1. The number of benzene rings is 2. The van der Waals surface area contributed by atoms with E-state index in [-0.39, 0.29) is 31.4 Å². The summed E-state index contributed by atoms with van der Waals surface area (Å²) >= 11 is 0. The van der Waals surface area contributed by atoms with Gasteiger partial charge >= 0.3 is 6.36 Å². The number of aromatic nitrogens is 3. The third-order valence-electron chi connectivity index (χ3n) is 7.40. The molecule has 2 saturated heterocycles. The molecule has 1 amide bonds. The number of amides is 1. The zero-order chi connectivity index (χ0) is 29.0. The number of anilines is 1. The Balaban J connectivity index is 1.34. The second kappa shape index (κ2) is 9.68. The van der Waals surface area contributed by atoms with E-state index in [2.05, 4.69) is 14.7 Å². The van der Waals surface area contributed by atoms with Gasteiger partial charge in [-0.2, -0.15) is 0 Å². The lowest BCUT2D eigenvalue weighted by Gasteiger charge is -2.23. The second-order valence-electron chi connectivity index (χ2n) is 10.3. The molecule has 6 rings (SSSR count). The molecule has 0 aliphatic carbocycles. The first-order chi connectivity index (χ1) is 19.4. The highest BCUT2D eigenvalue weighted by atomic mass is 19.4. The summed E-state index contributed by atoms with van der Waals surface area (Å²) in [4.78, 5) is 25.0. The van der Waals surface area contributed by atoms with Crippen LogP contribution in [-0.4, -0.2) is 68.9 Å². The molecule has 1 atom stereocenters. The van der Waals surface area contributed by atoms with E-state index < -0.39 is 30.2 Å². The van der Waals surface area contributed by atoms with Gasteiger partial charge in [-0.15, -0.1) is 13.2 Å². The number of hydrogen-bond donors (Lipinski definition) is 1. The van der Waals surface area contributed by atoms with Crippen LogP contribution in [0.25, 0.3) is 16.7 Å². The number of β-amino-alcohol motifs (C(OH)–C–C–N with tert-alkyl or cyclic N) is 1. The zero-order valence-corrected chi connectivity index (χ0v) is 21.5. The summed E-state index contributed by atoms with van der Waals surface area (Å²) in [5, 5.41) is 11.1. The van der Waals surface area contributed by atoms with Gasteiger partial charge < -0.3 is 19.6 Å². The van der Waals surface area contributed by atoms with Crippen LogP contribution in [-0.2, 0) is 5.60 Å². The Kier molecular flexibility index (Phi) is 6.36. The maximum atomic E-state index is 14.1. The van der Waals surface area contributed by atoms with E-state index >= 15 is 0 Å². The van der Waals surface area contributed by atoms with Gasteiger partial charge in [0.25, 0.3) is 11.8 Å². The van der Waals surface area contributed by atoms with Crippen molar-refractivity contribution < 1.29 is 36.6 Å². The van der Waals surface area contributed by atoms with Gasteiger partial charge in [0, 0.05) is 48.7 Å².